The first-order chi connectivity index (χ1) is 6.06. The Morgan fingerprint density at radius 2 is 2.00 bits per heavy atom. The summed E-state index contributed by atoms with van der Waals surface area (Å²) in [6.07, 6.45) is -0.240. The van der Waals surface area contributed by atoms with Crippen molar-refractivity contribution in [2.45, 2.75) is 32.0 Å². The molecule has 1 aliphatic rings. The summed E-state index contributed by atoms with van der Waals surface area (Å²) >= 11 is 0. The molecule has 0 aromatic heterocycles. The highest BCUT2D eigenvalue weighted by molar-refractivity contribution is 6.02. The minimum absolute atomic E-state index is 0.240. The maximum absolute atomic E-state index is 11.3. The minimum Gasteiger partial charge on any atom is -0.380 e. The number of piperazine rings is 1. The Kier molecular flexibility index (Phi) is 3.00. The lowest BCUT2D eigenvalue weighted by atomic mass is 10.1. The van der Waals surface area contributed by atoms with E-state index < -0.39 is 6.04 Å². The Labute approximate surface area is 76.8 Å². The third kappa shape index (κ3) is 2.05. The molecule has 3 unspecified atom stereocenters. The van der Waals surface area contributed by atoms with Crippen molar-refractivity contribution in [1.29, 1.82) is 0 Å². The summed E-state index contributed by atoms with van der Waals surface area (Å²) in [5.74, 6) is -0.609. The first-order valence-corrected chi connectivity index (χ1v) is 4.19. The molecule has 5 heteroatoms. The summed E-state index contributed by atoms with van der Waals surface area (Å²) in [4.78, 5) is 22.3. The lowest BCUT2D eigenvalue weighted by Gasteiger charge is -2.30. The number of rotatable bonds is 2. The average Bonchev–Trinajstić information content (AvgIpc) is 2.10. The van der Waals surface area contributed by atoms with Gasteiger partial charge >= 0.3 is 0 Å². The van der Waals surface area contributed by atoms with Crippen LogP contribution >= 0.6 is 0 Å². The molecule has 0 bridgehead atoms. The number of hydrogen-bond acceptors (Lipinski definition) is 4. The standard InChI is InChI=1S/C8H14N2O3/c1-4-7(11)10-8(12)6(9-4)5(2)13-3/h4-6,9H,1-3H3,(H,10,11,12). The zero-order valence-corrected chi connectivity index (χ0v) is 7.96. The Balaban J connectivity index is 2.66. The molecule has 2 amide bonds. The number of carbonyl (C=O) groups excluding carboxylic acids is 2. The summed E-state index contributed by atoms with van der Waals surface area (Å²) in [7, 11) is 1.53. The summed E-state index contributed by atoms with van der Waals surface area (Å²) in [5, 5.41) is 5.15. The number of ether oxygens (including phenoxy) is 1. The van der Waals surface area contributed by atoms with Gasteiger partial charge in [0.1, 0.15) is 6.04 Å². The highest BCUT2D eigenvalue weighted by Gasteiger charge is 2.34. The molecule has 0 radical (unpaired) electrons. The summed E-state index contributed by atoms with van der Waals surface area (Å²) in [5.41, 5.74) is 0. The van der Waals surface area contributed by atoms with Crippen molar-refractivity contribution in [3.63, 3.8) is 0 Å². The van der Waals surface area contributed by atoms with Crippen molar-refractivity contribution >= 4 is 11.8 Å². The summed E-state index contributed by atoms with van der Waals surface area (Å²) in [6.45, 7) is 3.48. The molecule has 1 fully saturated rings. The van der Waals surface area contributed by atoms with Crippen LogP contribution in [0.4, 0.5) is 0 Å². The van der Waals surface area contributed by atoms with Gasteiger partial charge in [-0.3, -0.25) is 20.2 Å². The van der Waals surface area contributed by atoms with Gasteiger partial charge in [-0.1, -0.05) is 0 Å². The Morgan fingerprint density at radius 3 is 2.54 bits per heavy atom. The van der Waals surface area contributed by atoms with Crippen LogP contribution in [0.25, 0.3) is 0 Å². The van der Waals surface area contributed by atoms with Gasteiger partial charge in [-0.15, -0.1) is 0 Å². The fourth-order valence-electron chi connectivity index (χ4n) is 1.21. The van der Waals surface area contributed by atoms with Crippen molar-refractivity contribution in [3.05, 3.63) is 0 Å². The number of methoxy groups -OCH3 is 1. The Bertz CT molecular complexity index is 229. The van der Waals surface area contributed by atoms with Crippen LogP contribution in [0.2, 0.25) is 0 Å². The molecule has 1 heterocycles. The van der Waals surface area contributed by atoms with Crippen molar-refractivity contribution in [3.8, 4) is 0 Å². The minimum atomic E-state index is -0.447. The number of imide groups is 1. The molecule has 2 N–H and O–H groups in total. The molecule has 0 saturated carbocycles. The van der Waals surface area contributed by atoms with E-state index in [0.29, 0.717) is 0 Å². The van der Waals surface area contributed by atoms with Crippen LogP contribution in [0, 0.1) is 0 Å². The van der Waals surface area contributed by atoms with E-state index in [9.17, 15) is 9.59 Å². The highest BCUT2D eigenvalue weighted by atomic mass is 16.5. The quantitative estimate of drug-likeness (QED) is 0.544. The Morgan fingerprint density at radius 1 is 1.38 bits per heavy atom. The number of nitrogens with one attached hydrogen (secondary N) is 2. The van der Waals surface area contributed by atoms with Gasteiger partial charge in [-0.2, -0.15) is 0 Å². The number of carbonyl (C=O) groups is 2. The smallest absolute Gasteiger partial charge is 0.246 e. The third-order valence-electron chi connectivity index (χ3n) is 2.19. The molecule has 0 aromatic carbocycles. The Hall–Kier alpha value is -0.940. The van der Waals surface area contributed by atoms with E-state index in [1.54, 1.807) is 13.8 Å². The third-order valence-corrected chi connectivity index (χ3v) is 2.19. The molecular formula is C8H14N2O3. The topological polar surface area (TPSA) is 67.4 Å². The summed E-state index contributed by atoms with van der Waals surface area (Å²) < 4.78 is 5.01. The molecule has 5 nitrogen and oxygen atoms in total. The normalized spacial score (nSPS) is 31.3. The van der Waals surface area contributed by atoms with Gasteiger partial charge in [0.15, 0.2) is 0 Å². The second-order valence-electron chi connectivity index (χ2n) is 3.16. The lowest BCUT2D eigenvalue weighted by molar-refractivity contribution is -0.138. The van der Waals surface area contributed by atoms with E-state index >= 15 is 0 Å². The van der Waals surface area contributed by atoms with Crippen LogP contribution in [0.1, 0.15) is 13.8 Å². The molecule has 1 aliphatic heterocycles. The van der Waals surface area contributed by atoms with Crippen molar-refractivity contribution in [2.75, 3.05) is 7.11 Å². The molecule has 1 saturated heterocycles. The zero-order valence-electron chi connectivity index (χ0n) is 7.96. The first-order valence-electron chi connectivity index (χ1n) is 4.19. The molecule has 1 rings (SSSR count). The monoisotopic (exact) mass is 186 g/mol. The predicted molar refractivity (Wildman–Crippen MR) is 46.0 cm³/mol. The summed E-state index contributed by atoms with van der Waals surface area (Å²) in [6, 6.07) is -0.794. The van der Waals surface area contributed by atoms with Gasteiger partial charge in [0.05, 0.1) is 12.1 Å². The van der Waals surface area contributed by atoms with Crippen LogP contribution in [-0.4, -0.2) is 37.1 Å². The SMILES string of the molecule is COC(C)C1NC(C)C(=O)NC1=O. The van der Waals surface area contributed by atoms with E-state index in [-0.39, 0.29) is 24.0 Å². The molecule has 74 valence electrons. The molecule has 13 heavy (non-hydrogen) atoms. The van der Waals surface area contributed by atoms with Crippen LogP contribution in [0.5, 0.6) is 0 Å². The van der Waals surface area contributed by atoms with Gasteiger partial charge < -0.3 is 4.74 Å². The molecule has 0 aliphatic carbocycles. The fraction of sp³-hybridized carbons (Fsp3) is 0.750. The van der Waals surface area contributed by atoms with Gasteiger partial charge in [-0.25, -0.2) is 0 Å². The van der Waals surface area contributed by atoms with Gasteiger partial charge in [-0.05, 0) is 13.8 Å². The van der Waals surface area contributed by atoms with Crippen LogP contribution in [-0.2, 0) is 14.3 Å². The second-order valence-corrected chi connectivity index (χ2v) is 3.16. The lowest BCUT2D eigenvalue weighted by Crippen LogP contribution is -2.64. The molecule has 0 spiro atoms. The molecule has 0 aromatic rings. The van der Waals surface area contributed by atoms with E-state index in [0.717, 1.165) is 0 Å². The van der Waals surface area contributed by atoms with Crippen LogP contribution < -0.4 is 10.6 Å². The van der Waals surface area contributed by atoms with Gasteiger partial charge in [0.2, 0.25) is 11.8 Å². The molecule has 3 atom stereocenters. The largest absolute Gasteiger partial charge is 0.380 e. The van der Waals surface area contributed by atoms with E-state index in [2.05, 4.69) is 10.6 Å². The maximum Gasteiger partial charge on any atom is 0.246 e. The second kappa shape index (κ2) is 3.85. The van der Waals surface area contributed by atoms with E-state index in [1.165, 1.54) is 7.11 Å². The van der Waals surface area contributed by atoms with Gasteiger partial charge in [0.25, 0.3) is 0 Å². The van der Waals surface area contributed by atoms with Crippen molar-refractivity contribution in [2.24, 2.45) is 0 Å². The fourth-order valence-corrected chi connectivity index (χ4v) is 1.21. The maximum atomic E-state index is 11.3. The van der Waals surface area contributed by atoms with Gasteiger partial charge in [0, 0.05) is 7.11 Å². The van der Waals surface area contributed by atoms with Crippen molar-refractivity contribution in [1.82, 2.24) is 10.6 Å². The van der Waals surface area contributed by atoms with E-state index in [4.69, 9.17) is 4.74 Å². The molecular weight excluding hydrogens is 172 g/mol. The van der Waals surface area contributed by atoms with Crippen LogP contribution in [0.15, 0.2) is 0 Å². The number of amides is 2. The zero-order chi connectivity index (χ0) is 10.0. The number of hydrogen-bond donors (Lipinski definition) is 2. The average molecular weight is 186 g/mol. The predicted octanol–water partition coefficient (Wildman–Crippen LogP) is -0.976. The van der Waals surface area contributed by atoms with E-state index in [1.807, 2.05) is 0 Å². The van der Waals surface area contributed by atoms with Crippen molar-refractivity contribution < 1.29 is 14.3 Å². The highest BCUT2D eigenvalue weighted by Crippen LogP contribution is 2.03. The van der Waals surface area contributed by atoms with Crippen LogP contribution in [0.3, 0.4) is 0 Å². The first kappa shape index (κ1) is 10.1.